The fourth-order valence-electron chi connectivity index (χ4n) is 8.62. The van der Waals surface area contributed by atoms with Crippen LogP contribution in [0.5, 0.6) is 0 Å². The Balaban J connectivity index is 1.18. The van der Waals surface area contributed by atoms with Gasteiger partial charge in [0.25, 0.3) is 0 Å². The van der Waals surface area contributed by atoms with Crippen molar-refractivity contribution in [3.63, 3.8) is 0 Å². The summed E-state index contributed by atoms with van der Waals surface area (Å²) in [6.45, 7) is 0. The first-order valence-corrected chi connectivity index (χ1v) is 20.3. The summed E-state index contributed by atoms with van der Waals surface area (Å²) in [7, 11) is 0. The van der Waals surface area contributed by atoms with E-state index < -0.39 is 0 Å². The molecule has 0 aliphatic rings. The highest BCUT2D eigenvalue weighted by molar-refractivity contribution is 7.26. The molecule has 57 heavy (non-hydrogen) atoms. The highest BCUT2D eigenvalue weighted by Crippen LogP contribution is 2.48. The lowest BCUT2D eigenvalue weighted by molar-refractivity contribution is 1.18. The topological polar surface area (TPSA) is 8.17 Å². The molecule has 0 spiro atoms. The summed E-state index contributed by atoms with van der Waals surface area (Å²) in [6, 6.07) is 79.4. The van der Waals surface area contributed by atoms with Crippen LogP contribution in [0.4, 0.5) is 17.1 Å². The minimum absolute atomic E-state index is 1.09. The first kappa shape index (κ1) is 33.2. The summed E-state index contributed by atoms with van der Waals surface area (Å²) in [4.78, 5) is 2.45. The Kier molecular flexibility index (Phi) is 8.04. The van der Waals surface area contributed by atoms with Crippen molar-refractivity contribution in [3.8, 4) is 39.1 Å². The fourth-order valence-corrected chi connectivity index (χ4v) is 9.86. The molecule has 0 radical (unpaired) electrons. The molecule has 11 rings (SSSR count). The molecule has 2 heterocycles. The third-order valence-corrected chi connectivity index (χ3v) is 12.4. The van der Waals surface area contributed by atoms with Crippen molar-refractivity contribution in [1.82, 2.24) is 4.57 Å². The summed E-state index contributed by atoms with van der Waals surface area (Å²) in [5.41, 5.74) is 14.1. The minimum Gasteiger partial charge on any atom is -0.310 e. The van der Waals surface area contributed by atoms with Crippen molar-refractivity contribution in [2.24, 2.45) is 0 Å². The number of fused-ring (bicyclic) bond motifs is 6. The second-order valence-corrected chi connectivity index (χ2v) is 15.5. The first-order valence-electron chi connectivity index (χ1n) is 19.4. The molecule has 0 unspecified atom stereocenters. The summed E-state index contributed by atoms with van der Waals surface area (Å²) >= 11 is 1.88. The molecular weight excluding hydrogens is 709 g/mol. The predicted octanol–water partition coefficient (Wildman–Crippen LogP) is 15.6. The number of anilines is 3. The molecule has 0 fully saturated rings. The Morgan fingerprint density at radius 2 is 0.965 bits per heavy atom. The molecule has 0 aliphatic heterocycles. The molecule has 9 aromatic carbocycles. The molecule has 268 valence electrons. The average Bonchev–Trinajstić information content (AvgIpc) is 3.84. The fraction of sp³-hybridized carbons (Fsp3) is 0. The molecule has 0 aliphatic carbocycles. The van der Waals surface area contributed by atoms with Gasteiger partial charge in [0.2, 0.25) is 0 Å². The third kappa shape index (κ3) is 5.63. The zero-order valence-electron chi connectivity index (χ0n) is 31.1. The van der Waals surface area contributed by atoms with E-state index in [0.717, 1.165) is 22.7 Å². The monoisotopic (exact) mass is 744 g/mol. The van der Waals surface area contributed by atoms with Crippen molar-refractivity contribution in [3.05, 3.63) is 218 Å². The molecule has 0 amide bonds. The van der Waals surface area contributed by atoms with Crippen LogP contribution in [-0.4, -0.2) is 4.57 Å². The normalized spacial score (nSPS) is 11.5. The van der Waals surface area contributed by atoms with E-state index in [-0.39, 0.29) is 0 Å². The van der Waals surface area contributed by atoms with Crippen molar-refractivity contribution < 1.29 is 0 Å². The molecule has 0 saturated carbocycles. The maximum absolute atomic E-state index is 2.45. The standard InChI is InChI=1S/C54H36N2S/c1-4-16-37(17-5-1)38-30-32-41(33-31-38)55(50-27-15-28-51-53(50)47-23-10-12-26-49(47)56(51)40-20-8-3-9-21-40)42-34-35-43(48(36-42)39-18-6-2-7-19-39)45-24-14-25-46-44-22-11-13-29-52(44)57-54(45)46/h1-36H. The number of para-hydroxylation sites is 2. The van der Waals surface area contributed by atoms with Gasteiger partial charge in [-0.25, -0.2) is 0 Å². The van der Waals surface area contributed by atoms with E-state index in [1.807, 2.05) is 11.3 Å². The van der Waals surface area contributed by atoms with Crippen LogP contribution in [0.3, 0.4) is 0 Å². The highest BCUT2D eigenvalue weighted by atomic mass is 32.1. The Morgan fingerprint density at radius 3 is 1.75 bits per heavy atom. The lowest BCUT2D eigenvalue weighted by Crippen LogP contribution is -2.11. The van der Waals surface area contributed by atoms with Gasteiger partial charge in [0.1, 0.15) is 0 Å². The lowest BCUT2D eigenvalue weighted by atomic mass is 9.92. The van der Waals surface area contributed by atoms with Gasteiger partial charge in [0, 0.05) is 53.6 Å². The Morgan fingerprint density at radius 1 is 0.368 bits per heavy atom. The maximum atomic E-state index is 2.45. The molecule has 0 N–H and O–H groups in total. The highest BCUT2D eigenvalue weighted by Gasteiger charge is 2.23. The lowest BCUT2D eigenvalue weighted by Gasteiger charge is -2.28. The van der Waals surface area contributed by atoms with Gasteiger partial charge < -0.3 is 9.47 Å². The number of rotatable bonds is 7. The van der Waals surface area contributed by atoms with Gasteiger partial charge >= 0.3 is 0 Å². The van der Waals surface area contributed by atoms with Crippen molar-refractivity contribution >= 4 is 70.4 Å². The number of aromatic nitrogens is 1. The molecule has 0 bridgehead atoms. The second-order valence-electron chi connectivity index (χ2n) is 14.5. The van der Waals surface area contributed by atoms with Crippen molar-refractivity contribution in [1.29, 1.82) is 0 Å². The average molecular weight is 745 g/mol. The van der Waals surface area contributed by atoms with Crippen LogP contribution in [0.25, 0.3) is 81.0 Å². The number of hydrogen-bond donors (Lipinski definition) is 0. The maximum Gasteiger partial charge on any atom is 0.0562 e. The Bertz CT molecular complexity index is 3220. The third-order valence-electron chi connectivity index (χ3n) is 11.2. The SMILES string of the molecule is c1ccc(-c2ccc(N(c3ccc(-c4cccc5c4sc4ccccc45)c(-c4ccccc4)c3)c3cccc4c3c3ccccc3n4-c3ccccc3)cc2)cc1. The van der Waals surface area contributed by atoms with Gasteiger partial charge in [0.15, 0.2) is 0 Å². The quantitative estimate of drug-likeness (QED) is 0.158. The van der Waals surface area contributed by atoms with Gasteiger partial charge in [-0.1, -0.05) is 158 Å². The van der Waals surface area contributed by atoms with E-state index in [9.17, 15) is 0 Å². The molecule has 2 nitrogen and oxygen atoms in total. The van der Waals surface area contributed by atoms with Crippen LogP contribution in [-0.2, 0) is 0 Å². The van der Waals surface area contributed by atoms with Gasteiger partial charge in [-0.2, -0.15) is 0 Å². The number of thiophene rings is 1. The van der Waals surface area contributed by atoms with Gasteiger partial charge in [0.05, 0.1) is 16.7 Å². The van der Waals surface area contributed by atoms with E-state index in [0.29, 0.717) is 0 Å². The van der Waals surface area contributed by atoms with Gasteiger partial charge in [-0.15, -0.1) is 11.3 Å². The van der Waals surface area contributed by atoms with Crippen LogP contribution in [0.15, 0.2) is 218 Å². The summed E-state index contributed by atoms with van der Waals surface area (Å²) in [5.74, 6) is 0. The number of nitrogens with zero attached hydrogens (tertiary/aromatic N) is 2. The van der Waals surface area contributed by atoms with E-state index in [4.69, 9.17) is 0 Å². The first-order chi connectivity index (χ1) is 28.3. The van der Waals surface area contributed by atoms with Gasteiger partial charge in [-0.05, 0) is 88.5 Å². The summed E-state index contributed by atoms with van der Waals surface area (Å²) in [5, 5.41) is 5.04. The van der Waals surface area contributed by atoms with Crippen molar-refractivity contribution in [2.75, 3.05) is 4.90 Å². The Hall–Kier alpha value is -7.20. The minimum atomic E-state index is 1.09. The van der Waals surface area contributed by atoms with Gasteiger partial charge in [-0.3, -0.25) is 0 Å². The van der Waals surface area contributed by atoms with Crippen molar-refractivity contribution in [2.45, 2.75) is 0 Å². The molecule has 3 heteroatoms. The summed E-state index contributed by atoms with van der Waals surface area (Å²) < 4.78 is 5.02. The summed E-state index contributed by atoms with van der Waals surface area (Å²) in [6.07, 6.45) is 0. The molecule has 2 aromatic heterocycles. The van der Waals surface area contributed by atoms with Crippen LogP contribution in [0.2, 0.25) is 0 Å². The smallest absolute Gasteiger partial charge is 0.0562 e. The van der Waals surface area contributed by atoms with E-state index in [1.165, 1.54) is 75.4 Å². The largest absolute Gasteiger partial charge is 0.310 e. The zero-order valence-corrected chi connectivity index (χ0v) is 31.9. The van der Waals surface area contributed by atoms with Crippen LogP contribution in [0, 0.1) is 0 Å². The van der Waals surface area contributed by atoms with Crippen LogP contribution < -0.4 is 4.90 Å². The van der Waals surface area contributed by atoms with Crippen LogP contribution >= 0.6 is 11.3 Å². The van der Waals surface area contributed by atoms with E-state index in [2.05, 4.69) is 228 Å². The predicted molar refractivity (Wildman–Crippen MR) is 245 cm³/mol. The number of benzene rings is 9. The van der Waals surface area contributed by atoms with Crippen LogP contribution in [0.1, 0.15) is 0 Å². The molecule has 0 saturated heterocycles. The second kappa shape index (κ2) is 13.8. The van der Waals surface area contributed by atoms with E-state index >= 15 is 0 Å². The Labute approximate surface area is 335 Å². The molecular formula is C54H36N2S. The zero-order chi connectivity index (χ0) is 37.7. The van der Waals surface area contributed by atoms with E-state index in [1.54, 1.807) is 0 Å². The molecule has 0 atom stereocenters. The number of hydrogen-bond acceptors (Lipinski definition) is 2. The molecule has 11 aromatic rings.